The Morgan fingerprint density at radius 2 is 1.97 bits per heavy atom. The molecule has 4 N–H and O–H groups in total. The molecule has 1 aromatic carbocycles. The average molecular weight is 553 g/mol. The normalized spacial score (nSPS) is 20.8. The van der Waals surface area contributed by atoms with Crippen molar-refractivity contribution in [2.45, 2.75) is 69.6 Å². The minimum Gasteiger partial charge on any atom is -0.453 e. The molecule has 2 unspecified atom stereocenters. The summed E-state index contributed by atoms with van der Waals surface area (Å²) in [4.78, 5) is 26.7. The number of alkyl carbamates (subject to hydrolysis) is 1. The van der Waals surface area contributed by atoms with Crippen molar-refractivity contribution in [1.82, 2.24) is 20.9 Å². The zero-order valence-corrected chi connectivity index (χ0v) is 23.5. The molecule has 10 heteroatoms. The Kier molecular flexibility index (Phi) is 12.9. The second-order valence-electron chi connectivity index (χ2n) is 10.5. The van der Waals surface area contributed by atoms with Crippen LogP contribution in [0.3, 0.4) is 0 Å². The number of nitrogens with zero attached hydrogens (tertiary/aromatic N) is 1. The highest BCUT2D eigenvalue weighted by molar-refractivity contribution is 6.30. The maximum atomic E-state index is 13.4. The number of piperidine rings is 1. The Labute approximate surface area is 232 Å². The van der Waals surface area contributed by atoms with Crippen LogP contribution in [-0.4, -0.2) is 81.2 Å². The second kappa shape index (κ2) is 16.1. The van der Waals surface area contributed by atoms with E-state index in [9.17, 15) is 14.7 Å². The van der Waals surface area contributed by atoms with Gasteiger partial charge in [-0.25, -0.2) is 9.59 Å². The monoisotopic (exact) mass is 552 g/mol. The van der Waals surface area contributed by atoms with E-state index in [1.165, 1.54) is 26.4 Å². The summed E-state index contributed by atoms with van der Waals surface area (Å²) in [5.74, 6) is 0.596. The lowest BCUT2D eigenvalue weighted by molar-refractivity contribution is -0.00905. The van der Waals surface area contributed by atoms with Crippen LogP contribution in [0.15, 0.2) is 24.3 Å². The van der Waals surface area contributed by atoms with Gasteiger partial charge in [0.2, 0.25) is 0 Å². The molecule has 4 atom stereocenters. The van der Waals surface area contributed by atoms with Crippen molar-refractivity contribution in [2.75, 3.05) is 46.9 Å². The molecule has 9 nitrogen and oxygen atoms in total. The van der Waals surface area contributed by atoms with Crippen molar-refractivity contribution in [1.29, 1.82) is 0 Å². The minimum atomic E-state index is -0.642. The first-order valence-corrected chi connectivity index (χ1v) is 14.4. The van der Waals surface area contributed by atoms with E-state index in [4.69, 9.17) is 16.3 Å². The number of halogens is 1. The van der Waals surface area contributed by atoms with E-state index >= 15 is 0 Å². The Balaban J connectivity index is 1.66. The Bertz CT molecular complexity index is 869. The number of nitrogens with one attached hydrogen (secondary N) is 3. The maximum absolute atomic E-state index is 13.4. The SMILES string of the molecule is CNC[C@@H](O)C(CC1CCCCC1)NC(=O)N1CCCC([C@@H](OCCNC(=O)OC)c2cccc(Cl)c2)C1. The molecular weight excluding hydrogens is 508 g/mol. The first-order valence-electron chi connectivity index (χ1n) is 14.0. The third-order valence-electron chi connectivity index (χ3n) is 7.70. The third-order valence-corrected chi connectivity index (χ3v) is 7.94. The van der Waals surface area contributed by atoms with Crippen LogP contribution < -0.4 is 16.0 Å². The first-order chi connectivity index (χ1) is 18.4. The number of likely N-dealkylation sites (tertiary alicyclic amines) is 1. The lowest BCUT2D eigenvalue weighted by atomic mass is 9.83. The quantitative estimate of drug-likeness (QED) is 0.291. The van der Waals surface area contributed by atoms with Crippen LogP contribution >= 0.6 is 11.6 Å². The molecule has 214 valence electrons. The average Bonchev–Trinajstić information content (AvgIpc) is 2.93. The molecule has 1 heterocycles. The number of hydrogen-bond donors (Lipinski definition) is 4. The molecule has 0 spiro atoms. The highest BCUT2D eigenvalue weighted by atomic mass is 35.5. The second-order valence-corrected chi connectivity index (χ2v) is 11.0. The fourth-order valence-corrected chi connectivity index (χ4v) is 5.93. The Hall–Kier alpha value is -2.07. The summed E-state index contributed by atoms with van der Waals surface area (Å²) in [5.41, 5.74) is 0.947. The summed E-state index contributed by atoms with van der Waals surface area (Å²) in [5, 5.41) is 20.3. The molecule has 1 aliphatic carbocycles. The molecule has 38 heavy (non-hydrogen) atoms. The summed E-state index contributed by atoms with van der Waals surface area (Å²) in [6.45, 7) is 2.24. The lowest BCUT2D eigenvalue weighted by Crippen LogP contribution is -2.54. The molecule has 2 fully saturated rings. The molecule has 2 aliphatic rings. The number of ether oxygens (including phenoxy) is 2. The van der Waals surface area contributed by atoms with E-state index in [1.54, 1.807) is 0 Å². The van der Waals surface area contributed by atoms with Gasteiger partial charge in [-0.1, -0.05) is 55.8 Å². The predicted octanol–water partition coefficient (Wildman–Crippen LogP) is 4.09. The molecule has 3 amide bonds. The minimum absolute atomic E-state index is 0.0603. The summed E-state index contributed by atoms with van der Waals surface area (Å²) in [7, 11) is 3.14. The number of carbonyl (C=O) groups excluding carboxylic acids is 2. The van der Waals surface area contributed by atoms with E-state index in [-0.39, 0.29) is 24.1 Å². The number of amides is 3. The number of methoxy groups -OCH3 is 1. The van der Waals surface area contributed by atoms with E-state index in [0.29, 0.717) is 43.7 Å². The zero-order chi connectivity index (χ0) is 27.3. The number of urea groups is 1. The van der Waals surface area contributed by atoms with Crippen LogP contribution in [0.1, 0.15) is 63.0 Å². The fraction of sp³-hybridized carbons (Fsp3) is 0.714. The van der Waals surface area contributed by atoms with Gasteiger partial charge in [-0.2, -0.15) is 0 Å². The van der Waals surface area contributed by atoms with Gasteiger partial charge >= 0.3 is 12.1 Å². The standard InChI is InChI=1S/C28H45ClN4O5/c1-30-18-25(34)24(16-20-8-4-3-5-9-20)32-27(35)33-14-7-11-22(19-33)26(21-10-6-12-23(29)17-21)38-15-13-31-28(36)37-2/h6,10,12,17,20,22,24-26,30,34H,3-5,7-9,11,13-16,18-19H2,1-2H3,(H,31,36)(H,32,35)/t22?,24?,25-,26+/m1/s1. The van der Waals surface area contributed by atoms with Crippen molar-refractivity contribution in [3.05, 3.63) is 34.9 Å². The number of aliphatic hydroxyl groups is 1. The van der Waals surface area contributed by atoms with Gasteiger partial charge in [0.05, 0.1) is 32.0 Å². The number of hydrogen-bond acceptors (Lipinski definition) is 6. The molecule has 1 saturated heterocycles. The molecule has 0 aromatic heterocycles. The largest absolute Gasteiger partial charge is 0.453 e. The first kappa shape index (κ1) is 30.5. The van der Waals surface area contributed by atoms with Gasteiger partial charge in [0.15, 0.2) is 0 Å². The van der Waals surface area contributed by atoms with Crippen molar-refractivity contribution in [2.24, 2.45) is 11.8 Å². The van der Waals surface area contributed by atoms with Crippen LogP contribution in [0.2, 0.25) is 5.02 Å². The van der Waals surface area contributed by atoms with E-state index in [2.05, 4.69) is 20.7 Å². The molecule has 1 aromatic rings. The van der Waals surface area contributed by atoms with Crippen LogP contribution in [0.5, 0.6) is 0 Å². The van der Waals surface area contributed by atoms with Crippen LogP contribution in [0.25, 0.3) is 0 Å². The highest BCUT2D eigenvalue weighted by Gasteiger charge is 2.33. The van der Waals surface area contributed by atoms with Crippen LogP contribution in [-0.2, 0) is 9.47 Å². The van der Waals surface area contributed by atoms with Gasteiger partial charge in [0.1, 0.15) is 0 Å². The summed E-state index contributed by atoms with van der Waals surface area (Å²) >= 11 is 6.29. The molecule has 1 aliphatic heterocycles. The molecule has 0 bridgehead atoms. The molecule has 1 saturated carbocycles. The van der Waals surface area contributed by atoms with Gasteiger partial charge in [-0.05, 0) is 49.9 Å². The van der Waals surface area contributed by atoms with E-state index in [1.807, 2.05) is 36.2 Å². The van der Waals surface area contributed by atoms with Crippen molar-refractivity contribution < 1.29 is 24.2 Å². The molecule has 0 radical (unpaired) electrons. The van der Waals surface area contributed by atoms with Gasteiger partial charge in [-0.15, -0.1) is 0 Å². The van der Waals surface area contributed by atoms with E-state index in [0.717, 1.165) is 37.7 Å². The fourth-order valence-electron chi connectivity index (χ4n) is 5.74. The highest BCUT2D eigenvalue weighted by Crippen LogP contribution is 2.34. The van der Waals surface area contributed by atoms with Gasteiger partial charge in [-0.3, -0.25) is 0 Å². The number of carbonyl (C=O) groups is 2. The van der Waals surface area contributed by atoms with Crippen molar-refractivity contribution in [3.63, 3.8) is 0 Å². The topological polar surface area (TPSA) is 112 Å². The zero-order valence-electron chi connectivity index (χ0n) is 22.8. The van der Waals surface area contributed by atoms with Gasteiger partial charge in [0.25, 0.3) is 0 Å². The molecule has 3 rings (SSSR count). The van der Waals surface area contributed by atoms with Gasteiger partial charge < -0.3 is 35.4 Å². The molecular formula is C28H45ClN4O5. The third kappa shape index (κ3) is 9.59. The predicted molar refractivity (Wildman–Crippen MR) is 148 cm³/mol. The summed E-state index contributed by atoms with van der Waals surface area (Å²) in [6.07, 6.45) is 7.17. The summed E-state index contributed by atoms with van der Waals surface area (Å²) in [6, 6.07) is 7.17. The number of rotatable bonds is 12. The smallest absolute Gasteiger partial charge is 0.406 e. The van der Waals surface area contributed by atoms with Crippen molar-refractivity contribution >= 4 is 23.7 Å². The van der Waals surface area contributed by atoms with Crippen LogP contribution in [0, 0.1) is 11.8 Å². The van der Waals surface area contributed by atoms with Gasteiger partial charge in [0, 0.05) is 37.1 Å². The Morgan fingerprint density at radius 3 is 2.68 bits per heavy atom. The maximum Gasteiger partial charge on any atom is 0.406 e. The lowest BCUT2D eigenvalue weighted by Gasteiger charge is -2.38. The van der Waals surface area contributed by atoms with E-state index < -0.39 is 12.2 Å². The number of likely N-dealkylation sites (N-methyl/N-ethyl adjacent to an activating group) is 1. The summed E-state index contributed by atoms with van der Waals surface area (Å²) < 4.78 is 10.9. The number of benzene rings is 1. The Morgan fingerprint density at radius 1 is 1.18 bits per heavy atom. The van der Waals surface area contributed by atoms with Crippen LogP contribution in [0.4, 0.5) is 9.59 Å². The van der Waals surface area contributed by atoms with Crippen molar-refractivity contribution in [3.8, 4) is 0 Å². The number of aliphatic hydroxyl groups excluding tert-OH is 1.